The van der Waals surface area contributed by atoms with E-state index in [0.717, 1.165) is 32.8 Å². The molecule has 0 fully saturated rings. The Balaban J connectivity index is 1.78. The van der Waals surface area contributed by atoms with Crippen molar-refractivity contribution in [2.24, 2.45) is 0 Å². The fourth-order valence-electron chi connectivity index (χ4n) is 2.86. The lowest BCUT2D eigenvalue weighted by atomic mass is 10.1. The second kappa shape index (κ2) is 7.85. The van der Waals surface area contributed by atoms with E-state index in [2.05, 4.69) is 31.3 Å². The van der Waals surface area contributed by atoms with E-state index in [4.69, 9.17) is 14.5 Å². The molecule has 0 unspecified atom stereocenters. The van der Waals surface area contributed by atoms with Gasteiger partial charge in [0, 0.05) is 36.6 Å². The van der Waals surface area contributed by atoms with Crippen LogP contribution in [0.5, 0.6) is 11.5 Å². The van der Waals surface area contributed by atoms with Crippen LogP contribution in [-0.2, 0) is 6.54 Å². The van der Waals surface area contributed by atoms with Crippen LogP contribution in [0.4, 0.5) is 5.82 Å². The zero-order chi connectivity index (χ0) is 19.5. The number of pyridine rings is 1. The molecular weight excluding hydrogens is 422 g/mol. The van der Waals surface area contributed by atoms with E-state index in [9.17, 15) is 0 Å². The van der Waals surface area contributed by atoms with Crippen LogP contribution in [-0.4, -0.2) is 33.8 Å². The van der Waals surface area contributed by atoms with Crippen molar-refractivity contribution in [3.63, 3.8) is 0 Å². The van der Waals surface area contributed by atoms with Crippen molar-refractivity contribution >= 4 is 27.4 Å². The Kier molecular flexibility index (Phi) is 5.12. The molecule has 0 spiro atoms. The summed E-state index contributed by atoms with van der Waals surface area (Å²) in [6, 6.07) is 11.6. The number of fused-ring (bicyclic) bond motifs is 1. The van der Waals surface area contributed by atoms with E-state index in [0.29, 0.717) is 18.0 Å². The van der Waals surface area contributed by atoms with Gasteiger partial charge in [0.05, 0.1) is 30.6 Å². The highest BCUT2D eigenvalue weighted by atomic mass is 79.9. The smallest absolute Gasteiger partial charge is 0.172 e. The topological polar surface area (TPSA) is 73.6 Å². The molecule has 28 heavy (non-hydrogen) atoms. The third kappa shape index (κ3) is 3.63. The number of aromatic nitrogens is 4. The maximum atomic E-state index is 5.39. The van der Waals surface area contributed by atoms with Gasteiger partial charge in [0.25, 0.3) is 0 Å². The maximum Gasteiger partial charge on any atom is 0.172 e. The summed E-state index contributed by atoms with van der Waals surface area (Å²) in [5.74, 6) is 2.23. The molecule has 0 bridgehead atoms. The van der Waals surface area contributed by atoms with Gasteiger partial charge >= 0.3 is 0 Å². The quantitative estimate of drug-likeness (QED) is 0.485. The summed E-state index contributed by atoms with van der Waals surface area (Å²) in [6.45, 7) is 0.639. The molecule has 0 radical (unpaired) electrons. The van der Waals surface area contributed by atoms with Crippen molar-refractivity contribution in [2.75, 3.05) is 19.5 Å². The number of benzene rings is 1. The third-order valence-electron chi connectivity index (χ3n) is 4.30. The molecule has 0 saturated carbocycles. The highest BCUT2D eigenvalue weighted by Crippen LogP contribution is 2.31. The van der Waals surface area contributed by atoms with Crippen LogP contribution in [0.1, 0.15) is 5.56 Å². The van der Waals surface area contributed by atoms with Crippen LogP contribution in [0.3, 0.4) is 0 Å². The van der Waals surface area contributed by atoms with Crippen LogP contribution in [0.2, 0.25) is 0 Å². The predicted octanol–water partition coefficient (Wildman–Crippen LogP) is 4.18. The van der Waals surface area contributed by atoms with Crippen molar-refractivity contribution < 1.29 is 9.47 Å². The van der Waals surface area contributed by atoms with Gasteiger partial charge in [0.2, 0.25) is 0 Å². The minimum Gasteiger partial charge on any atom is -0.497 e. The van der Waals surface area contributed by atoms with Crippen molar-refractivity contribution in [1.29, 1.82) is 0 Å². The number of nitrogens with one attached hydrogen (secondary N) is 1. The number of ether oxygens (including phenoxy) is 2. The molecule has 3 heterocycles. The molecule has 0 aliphatic heterocycles. The zero-order valence-corrected chi connectivity index (χ0v) is 17.0. The molecule has 0 aliphatic carbocycles. The van der Waals surface area contributed by atoms with Crippen molar-refractivity contribution in [2.45, 2.75) is 6.54 Å². The van der Waals surface area contributed by atoms with Gasteiger partial charge in [-0.1, -0.05) is 0 Å². The Hall–Kier alpha value is -3.13. The minimum atomic E-state index is 0.639. The molecule has 7 nitrogen and oxygen atoms in total. The monoisotopic (exact) mass is 439 g/mol. The molecule has 1 N–H and O–H groups in total. The van der Waals surface area contributed by atoms with Gasteiger partial charge in [-0.15, -0.1) is 0 Å². The Morgan fingerprint density at radius 3 is 2.43 bits per heavy atom. The van der Waals surface area contributed by atoms with Crippen molar-refractivity contribution in [1.82, 2.24) is 19.6 Å². The molecule has 4 rings (SSSR count). The molecular formula is C20H18BrN5O2. The number of anilines is 1. The second-order valence-electron chi connectivity index (χ2n) is 6.06. The van der Waals surface area contributed by atoms with Crippen molar-refractivity contribution in [3.05, 3.63) is 65.0 Å². The largest absolute Gasteiger partial charge is 0.497 e. The van der Waals surface area contributed by atoms with E-state index in [1.807, 2.05) is 36.4 Å². The fourth-order valence-corrected chi connectivity index (χ4v) is 3.21. The van der Waals surface area contributed by atoms with Gasteiger partial charge in [0.15, 0.2) is 5.65 Å². The molecule has 142 valence electrons. The Bertz CT molecular complexity index is 1090. The zero-order valence-electron chi connectivity index (χ0n) is 15.4. The number of hydrogen-bond donors (Lipinski definition) is 1. The molecule has 0 aliphatic rings. The van der Waals surface area contributed by atoms with Crippen LogP contribution in [0.15, 0.2) is 59.5 Å². The standard InChI is InChI=1S/C20H18BrN5O2/c1-27-15-7-14(8-16(9-15)28-2)18-10-19(23-11-13-3-5-22-6-4-13)26-20(25-18)17(21)12-24-26/h3-10,12,23H,11H2,1-2H3. The van der Waals surface area contributed by atoms with Gasteiger partial charge in [-0.25, -0.2) is 4.98 Å². The highest BCUT2D eigenvalue weighted by Gasteiger charge is 2.13. The van der Waals surface area contributed by atoms with E-state index in [1.165, 1.54) is 0 Å². The molecule has 0 saturated heterocycles. The predicted molar refractivity (Wildman–Crippen MR) is 111 cm³/mol. The Morgan fingerprint density at radius 2 is 1.75 bits per heavy atom. The van der Waals surface area contributed by atoms with E-state index >= 15 is 0 Å². The van der Waals surface area contributed by atoms with Gasteiger partial charge < -0.3 is 14.8 Å². The molecule has 8 heteroatoms. The van der Waals surface area contributed by atoms with Crippen LogP contribution in [0, 0.1) is 0 Å². The highest BCUT2D eigenvalue weighted by molar-refractivity contribution is 9.10. The average Bonchev–Trinajstić information content (AvgIpc) is 3.13. The minimum absolute atomic E-state index is 0.639. The Labute approximate surface area is 170 Å². The van der Waals surface area contributed by atoms with E-state index < -0.39 is 0 Å². The lowest BCUT2D eigenvalue weighted by Gasteiger charge is -2.12. The summed E-state index contributed by atoms with van der Waals surface area (Å²) in [6.07, 6.45) is 5.28. The summed E-state index contributed by atoms with van der Waals surface area (Å²) in [5.41, 5.74) is 3.51. The van der Waals surface area contributed by atoms with Gasteiger partial charge in [-0.3, -0.25) is 4.98 Å². The number of hydrogen-bond acceptors (Lipinski definition) is 6. The van der Waals surface area contributed by atoms with Gasteiger partial charge in [-0.2, -0.15) is 9.61 Å². The molecule has 0 atom stereocenters. The molecule has 0 amide bonds. The van der Waals surface area contributed by atoms with Gasteiger partial charge in [-0.05, 0) is 45.8 Å². The first-order valence-electron chi connectivity index (χ1n) is 8.58. The first-order chi connectivity index (χ1) is 13.7. The normalized spacial score (nSPS) is 10.8. The lowest BCUT2D eigenvalue weighted by Crippen LogP contribution is -2.07. The summed E-state index contributed by atoms with van der Waals surface area (Å²) < 4.78 is 13.4. The number of halogens is 1. The van der Waals surface area contributed by atoms with Gasteiger partial charge in [0.1, 0.15) is 17.3 Å². The average molecular weight is 440 g/mol. The van der Waals surface area contributed by atoms with Crippen molar-refractivity contribution in [3.8, 4) is 22.8 Å². The van der Waals surface area contributed by atoms with Crippen LogP contribution < -0.4 is 14.8 Å². The van der Waals surface area contributed by atoms with Crippen LogP contribution >= 0.6 is 15.9 Å². The summed E-state index contributed by atoms with van der Waals surface area (Å²) >= 11 is 3.53. The second-order valence-corrected chi connectivity index (χ2v) is 6.92. The number of methoxy groups -OCH3 is 2. The number of nitrogens with zero attached hydrogens (tertiary/aromatic N) is 4. The first-order valence-corrected chi connectivity index (χ1v) is 9.37. The summed E-state index contributed by atoms with van der Waals surface area (Å²) in [5, 5.41) is 7.85. The first kappa shape index (κ1) is 18.2. The maximum absolute atomic E-state index is 5.39. The molecule has 3 aromatic heterocycles. The Morgan fingerprint density at radius 1 is 1.04 bits per heavy atom. The summed E-state index contributed by atoms with van der Waals surface area (Å²) in [4.78, 5) is 8.82. The molecule has 1 aromatic carbocycles. The number of rotatable bonds is 6. The SMILES string of the molecule is COc1cc(OC)cc(-c2cc(NCc3ccncc3)n3ncc(Br)c3n2)c1. The fraction of sp³-hybridized carbons (Fsp3) is 0.150. The van der Waals surface area contributed by atoms with E-state index in [1.54, 1.807) is 37.3 Å². The van der Waals surface area contributed by atoms with E-state index in [-0.39, 0.29) is 0 Å². The third-order valence-corrected chi connectivity index (χ3v) is 4.86. The summed E-state index contributed by atoms with van der Waals surface area (Å²) in [7, 11) is 3.26. The molecule has 4 aromatic rings. The van der Waals surface area contributed by atoms with Crippen LogP contribution in [0.25, 0.3) is 16.9 Å². The lowest BCUT2D eigenvalue weighted by molar-refractivity contribution is 0.394.